The van der Waals surface area contributed by atoms with Crippen molar-refractivity contribution in [2.75, 3.05) is 20.2 Å². The van der Waals surface area contributed by atoms with Crippen LogP contribution >= 0.6 is 0 Å². The SMILES string of the molecule is C=CC(C)N1CCC(OC)CC1CN. The second kappa shape index (κ2) is 5.49. The highest BCUT2D eigenvalue weighted by atomic mass is 16.5. The average Bonchev–Trinajstić information content (AvgIpc) is 2.27. The van der Waals surface area contributed by atoms with Crippen molar-refractivity contribution in [3.8, 4) is 0 Å². The number of nitrogens with zero attached hydrogens (tertiary/aromatic N) is 1. The van der Waals surface area contributed by atoms with Crippen molar-refractivity contribution < 1.29 is 4.74 Å². The van der Waals surface area contributed by atoms with Crippen LogP contribution in [0, 0.1) is 0 Å². The van der Waals surface area contributed by atoms with Gasteiger partial charge in [0.25, 0.3) is 0 Å². The number of ether oxygens (including phenoxy) is 1. The van der Waals surface area contributed by atoms with Gasteiger partial charge in [-0.2, -0.15) is 0 Å². The van der Waals surface area contributed by atoms with E-state index in [4.69, 9.17) is 10.5 Å². The first-order valence-corrected chi connectivity index (χ1v) is 5.34. The Morgan fingerprint density at radius 3 is 2.93 bits per heavy atom. The molecule has 0 aromatic rings. The second-order valence-corrected chi connectivity index (χ2v) is 3.99. The molecule has 3 atom stereocenters. The van der Waals surface area contributed by atoms with Gasteiger partial charge in [0.2, 0.25) is 0 Å². The molecule has 0 spiro atoms. The van der Waals surface area contributed by atoms with Crippen LogP contribution in [0.2, 0.25) is 0 Å². The lowest BCUT2D eigenvalue weighted by Gasteiger charge is -2.41. The third kappa shape index (κ3) is 2.56. The molecule has 1 rings (SSSR count). The maximum atomic E-state index is 5.77. The van der Waals surface area contributed by atoms with E-state index in [-0.39, 0.29) is 0 Å². The molecule has 1 aliphatic rings. The molecule has 3 heteroatoms. The average molecular weight is 198 g/mol. The Bertz CT molecular complexity index is 184. The number of methoxy groups -OCH3 is 1. The summed E-state index contributed by atoms with van der Waals surface area (Å²) >= 11 is 0. The van der Waals surface area contributed by atoms with Crippen LogP contribution in [-0.2, 0) is 4.74 Å². The fourth-order valence-electron chi connectivity index (χ4n) is 2.15. The number of likely N-dealkylation sites (tertiary alicyclic amines) is 1. The van der Waals surface area contributed by atoms with Gasteiger partial charge < -0.3 is 10.5 Å². The molecule has 0 aromatic carbocycles. The number of nitrogens with two attached hydrogens (primary N) is 1. The summed E-state index contributed by atoms with van der Waals surface area (Å²) in [4.78, 5) is 2.42. The Balaban J connectivity index is 2.56. The fraction of sp³-hybridized carbons (Fsp3) is 0.818. The molecule has 3 unspecified atom stereocenters. The van der Waals surface area contributed by atoms with Crippen LogP contribution in [0.4, 0.5) is 0 Å². The van der Waals surface area contributed by atoms with Crippen molar-refractivity contribution in [3.63, 3.8) is 0 Å². The summed E-state index contributed by atoms with van der Waals surface area (Å²) in [5.41, 5.74) is 5.77. The molecule has 0 radical (unpaired) electrons. The smallest absolute Gasteiger partial charge is 0.0599 e. The van der Waals surface area contributed by atoms with Crippen LogP contribution in [0.15, 0.2) is 12.7 Å². The number of rotatable bonds is 4. The van der Waals surface area contributed by atoms with Crippen molar-refractivity contribution in [1.29, 1.82) is 0 Å². The lowest BCUT2D eigenvalue weighted by molar-refractivity contribution is 0.00589. The van der Waals surface area contributed by atoms with E-state index < -0.39 is 0 Å². The molecule has 1 aliphatic heterocycles. The Labute approximate surface area is 86.9 Å². The van der Waals surface area contributed by atoms with E-state index in [2.05, 4.69) is 18.4 Å². The molecule has 0 aromatic heterocycles. The molecule has 1 fully saturated rings. The molecule has 0 aliphatic carbocycles. The summed E-state index contributed by atoms with van der Waals surface area (Å²) in [6, 6.07) is 0.864. The lowest BCUT2D eigenvalue weighted by atomic mass is 9.97. The summed E-state index contributed by atoms with van der Waals surface area (Å²) in [5, 5.41) is 0. The largest absolute Gasteiger partial charge is 0.381 e. The van der Waals surface area contributed by atoms with E-state index >= 15 is 0 Å². The Morgan fingerprint density at radius 2 is 2.43 bits per heavy atom. The third-order valence-electron chi connectivity index (χ3n) is 3.18. The van der Waals surface area contributed by atoms with Crippen molar-refractivity contribution in [3.05, 3.63) is 12.7 Å². The van der Waals surface area contributed by atoms with E-state index in [0.717, 1.165) is 19.4 Å². The summed E-state index contributed by atoms with van der Waals surface area (Å²) in [6.45, 7) is 7.77. The molecule has 3 nitrogen and oxygen atoms in total. The first-order valence-electron chi connectivity index (χ1n) is 5.34. The minimum atomic E-state index is 0.386. The van der Waals surface area contributed by atoms with Crippen LogP contribution in [0.25, 0.3) is 0 Å². The van der Waals surface area contributed by atoms with Crippen molar-refractivity contribution >= 4 is 0 Å². The molecule has 82 valence electrons. The third-order valence-corrected chi connectivity index (χ3v) is 3.18. The molecule has 2 N–H and O–H groups in total. The minimum Gasteiger partial charge on any atom is -0.381 e. The first kappa shape index (κ1) is 11.7. The summed E-state index contributed by atoms with van der Waals surface area (Å²) in [6.07, 6.45) is 4.52. The van der Waals surface area contributed by atoms with Crippen molar-refractivity contribution in [2.45, 2.75) is 38.0 Å². The monoisotopic (exact) mass is 198 g/mol. The van der Waals surface area contributed by atoms with Crippen LogP contribution in [0.5, 0.6) is 0 Å². The van der Waals surface area contributed by atoms with Gasteiger partial charge in [0.05, 0.1) is 6.10 Å². The highest BCUT2D eigenvalue weighted by molar-refractivity contribution is 4.92. The van der Waals surface area contributed by atoms with Gasteiger partial charge >= 0.3 is 0 Å². The van der Waals surface area contributed by atoms with E-state index in [1.165, 1.54) is 0 Å². The van der Waals surface area contributed by atoms with Gasteiger partial charge in [-0.1, -0.05) is 6.08 Å². The summed E-state index contributed by atoms with van der Waals surface area (Å²) in [5.74, 6) is 0. The van der Waals surface area contributed by atoms with Crippen LogP contribution in [0.1, 0.15) is 19.8 Å². The number of hydrogen-bond donors (Lipinski definition) is 1. The van der Waals surface area contributed by atoms with E-state index in [0.29, 0.717) is 24.7 Å². The lowest BCUT2D eigenvalue weighted by Crippen LogP contribution is -2.51. The molecule has 1 heterocycles. The van der Waals surface area contributed by atoms with Crippen LogP contribution < -0.4 is 5.73 Å². The minimum absolute atomic E-state index is 0.386. The van der Waals surface area contributed by atoms with Gasteiger partial charge in [-0.3, -0.25) is 4.90 Å². The fourth-order valence-corrected chi connectivity index (χ4v) is 2.15. The van der Waals surface area contributed by atoms with Gasteiger partial charge in [0.1, 0.15) is 0 Å². The Kier molecular flexibility index (Phi) is 4.58. The predicted molar refractivity (Wildman–Crippen MR) is 59.2 cm³/mol. The van der Waals surface area contributed by atoms with Crippen LogP contribution in [-0.4, -0.2) is 43.3 Å². The molecule has 0 bridgehead atoms. The zero-order valence-electron chi connectivity index (χ0n) is 9.28. The Morgan fingerprint density at radius 1 is 1.71 bits per heavy atom. The number of piperidine rings is 1. The quantitative estimate of drug-likeness (QED) is 0.685. The maximum absolute atomic E-state index is 5.77. The zero-order valence-corrected chi connectivity index (χ0v) is 9.28. The topological polar surface area (TPSA) is 38.5 Å². The van der Waals surface area contributed by atoms with Crippen LogP contribution in [0.3, 0.4) is 0 Å². The maximum Gasteiger partial charge on any atom is 0.0599 e. The van der Waals surface area contributed by atoms with Gasteiger partial charge in [0.15, 0.2) is 0 Å². The van der Waals surface area contributed by atoms with Gasteiger partial charge in [-0.25, -0.2) is 0 Å². The standard InChI is InChI=1S/C11H22N2O/c1-4-9(2)13-6-5-11(14-3)7-10(13)8-12/h4,9-11H,1,5-8,12H2,2-3H3. The highest BCUT2D eigenvalue weighted by Crippen LogP contribution is 2.21. The van der Waals surface area contributed by atoms with E-state index in [1.807, 2.05) is 6.08 Å². The van der Waals surface area contributed by atoms with Crippen molar-refractivity contribution in [2.24, 2.45) is 5.73 Å². The van der Waals surface area contributed by atoms with E-state index in [9.17, 15) is 0 Å². The summed E-state index contributed by atoms with van der Waals surface area (Å²) in [7, 11) is 1.78. The highest BCUT2D eigenvalue weighted by Gasteiger charge is 2.29. The molecule has 0 saturated carbocycles. The number of hydrogen-bond acceptors (Lipinski definition) is 3. The molecule has 1 saturated heterocycles. The molecular weight excluding hydrogens is 176 g/mol. The zero-order chi connectivity index (χ0) is 10.6. The summed E-state index contributed by atoms with van der Waals surface area (Å²) < 4.78 is 5.38. The molecular formula is C11H22N2O. The Hall–Kier alpha value is -0.380. The normalized spacial score (nSPS) is 31.4. The van der Waals surface area contributed by atoms with E-state index in [1.54, 1.807) is 7.11 Å². The van der Waals surface area contributed by atoms with Crippen molar-refractivity contribution in [1.82, 2.24) is 4.90 Å². The van der Waals surface area contributed by atoms with Gasteiger partial charge in [-0.15, -0.1) is 6.58 Å². The predicted octanol–water partition coefficient (Wildman–Crippen LogP) is 0.999. The molecule has 14 heavy (non-hydrogen) atoms. The molecule has 0 amide bonds. The van der Waals surface area contributed by atoms with Gasteiger partial charge in [0, 0.05) is 32.3 Å². The second-order valence-electron chi connectivity index (χ2n) is 3.99. The first-order chi connectivity index (χ1) is 6.72. The van der Waals surface area contributed by atoms with Gasteiger partial charge in [-0.05, 0) is 19.8 Å².